The van der Waals surface area contributed by atoms with Gasteiger partial charge in [0, 0.05) is 23.7 Å². The van der Waals surface area contributed by atoms with Crippen LogP contribution in [-0.2, 0) is 45.9 Å². The Morgan fingerprint density at radius 2 is 1.62 bits per heavy atom. The van der Waals surface area contributed by atoms with Crippen molar-refractivity contribution in [3.05, 3.63) is 18.3 Å². The fraction of sp³-hybridized carbons (Fsp3) is 0.720. The van der Waals surface area contributed by atoms with Crippen molar-refractivity contribution < 1.29 is 75.7 Å². The van der Waals surface area contributed by atoms with Gasteiger partial charge in [0.15, 0.2) is 17.7 Å². The van der Waals surface area contributed by atoms with Gasteiger partial charge in [-0.2, -0.15) is 4.31 Å². The number of aliphatic hydroxyl groups excluding tert-OH is 2. The molecule has 7 atom stereocenters. The first-order valence-electron chi connectivity index (χ1n) is 14.5. The van der Waals surface area contributed by atoms with Crippen molar-refractivity contribution in [2.45, 2.75) is 91.4 Å². The Morgan fingerprint density at radius 3 is 2.23 bits per heavy atom. The Morgan fingerprint density at radius 1 is 1.00 bits per heavy atom. The first-order valence-corrected chi connectivity index (χ1v) is 19.0. The average Bonchev–Trinajstić information content (AvgIpc) is 3.50. The van der Waals surface area contributed by atoms with Gasteiger partial charge in [0.25, 0.3) is 0 Å². The van der Waals surface area contributed by atoms with Gasteiger partial charge in [-0.3, -0.25) is 27.7 Å². The molecule has 20 nitrogen and oxygen atoms in total. The molecule has 2 aromatic rings. The second kappa shape index (κ2) is 15.2. The first-order chi connectivity index (χ1) is 21.8. The number of carbonyl (C=O) groups excluding carboxylic acids is 2. The number of fused-ring (bicyclic) bond motifs is 1. The quantitative estimate of drug-likeness (QED) is 0.126. The van der Waals surface area contributed by atoms with Crippen LogP contribution in [0.5, 0.6) is 0 Å². The minimum Gasteiger partial charge on any atom is -0.386 e. The van der Waals surface area contributed by atoms with Gasteiger partial charge in [-0.15, -0.1) is 0 Å². The molecule has 0 amide bonds. The molecule has 3 heterocycles. The number of aromatic nitrogens is 4. The number of carbonyl (C=O) groups is 2. The topological polar surface area (TPSA) is 296 Å². The van der Waals surface area contributed by atoms with Crippen molar-refractivity contribution in [1.29, 1.82) is 0 Å². The van der Waals surface area contributed by atoms with Crippen LogP contribution in [0.3, 0.4) is 0 Å². The van der Waals surface area contributed by atoms with Crippen molar-refractivity contribution in [2.75, 3.05) is 13.2 Å². The van der Waals surface area contributed by atoms with Crippen LogP contribution >= 0.6 is 23.5 Å². The van der Waals surface area contributed by atoms with Crippen LogP contribution < -0.4 is 0 Å². The first kappa shape index (κ1) is 40.6. The standard InChI is InChI=1S/C25H41N4O16P3/c1-14-18-22(27-12-26-14)29(13-28-18)23-19(32)20(44-46(34,35)36)16(43-23)10-41-47(37,38)45-48(39,40)42-11-25(5,6)21(33)15(30)8-7-9-17(31)24(2,3)4/h12-13,16,19-21,23,32-33H,7-11H2,1-6H3,(H,37,38)(H,39,40)(H2,34,35,36). The maximum atomic E-state index is 12.6. The number of aryl methyl sites for hydroxylation is 1. The third kappa shape index (κ3) is 10.8. The van der Waals surface area contributed by atoms with Gasteiger partial charge in [-0.1, -0.05) is 34.6 Å². The highest BCUT2D eigenvalue weighted by Crippen LogP contribution is 2.61. The van der Waals surface area contributed by atoms with Crippen molar-refractivity contribution in [1.82, 2.24) is 19.5 Å². The van der Waals surface area contributed by atoms with Crippen molar-refractivity contribution in [3.63, 3.8) is 0 Å². The highest BCUT2D eigenvalue weighted by Gasteiger charge is 2.50. The number of nitrogens with zero attached hydrogens (tertiary/aromatic N) is 4. The third-order valence-corrected chi connectivity index (χ3v) is 10.4. The van der Waals surface area contributed by atoms with Crippen LogP contribution in [0.2, 0.25) is 0 Å². The zero-order valence-corrected chi connectivity index (χ0v) is 29.7. The number of hydrogen-bond donors (Lipinski definition) is 6. The molecule has 23 heteroatoms. The molecular weight excluding hydrogens is 705 g/mol. The number of imidazole rings is 1. The molecule has 1 fully saturated rings. The van der Waals surface area contributed by atoms with Crippen molar-refractivity contribution in [2.24, 2.45) is 10.8 Å². The second-order valence-corrected chi connectivity index (χ2v) is 17.1. The van der Waals surface area contributed by atoms with E-state index in [0.29, 0.717) is 11.2 Å². The lowest BCUT2D eigenvalue weighted by molar-refractivity contribution is -0.135. The number of Topliss-reactive ketones (excluding diaryl/α,β-unsaturated/α-hetero) is 2. The van der Waals surface area contributed by atoms with E-state index in [1.165, 1.54) is 31.1 Å². The number of phosphoric acid groups is 3. The summed E-state index contributed by atoms with van der Waals surface area (Å²) in [5, 5.41) is 21.4. The van der Waals surface area contributed by atoms with Crippen molar-refractivity contribution in [3.8, 4) is 0 Å². The molecule has 0 saturated carbocycles. The molecule has 2 aromatic heterocycles. The Labute approximate surface area is 275 Å². The molecule has 0 aliphatic carbocycles. The number of rotatable bonds is 17. The Hall–Kier alpha value is -1.86. The molecule has 0 spiro atoms. The smallest absolute Gasteiger partial charge is 0.386 e. The number of ether oxygens (including phenoxy) is 1. The van der Waals surface area contributed by atoms with Gasteiger partial charge in [0.1, 0.15) is 42.0 Å². The molecule has 0 radical (unpaired) electrons. The summed E-state index contributed by atoms with van der Waals surface area (Å²) in [6.45, 7) is 7.60. The fourth-order valence-electron chi connectivity index (χ4n) is 4.57. The Balaban J connectivity index is 1.62. The summed E-state index contributed by atoms with van der Waals surface area (Å²) in [7, 11) is -16.2. The Bertz CT molecular complexity index is 1620. The molecule has 3 rings (SSSR count). The van der Waals surface area contributed by atoms with E-state index < -0.39 is 83.9 Å². The molecule has 7 unspecified atom stereocenters. The predicted octanol–water partition coefficient (Wildman–Crippen LogP) is 1.86. The monoisotopic (exact) mass is 746 g/mol. The maximum absolute atomic E-state index is 12.6. The predicted molar refractivity (Wildman–Crippen MR) is 163 cm³/mol. The van der Waals surface area contributed by atoms with E-state index in [1.807, 2.05) is 0 Å². The van der Waals surface area contributed by atoms with E-state index in [4.69, 9.17) is 13.8 Å². The van der Waals surface area contributed by atoms with E-state index in [1.54, 1.807) is 27.7 Å². The van der Waals surface area contributed by atoms with E-state index in [0.717, 1.165) is 0 Å². The maximum Gasteiger partial charge on any atom is 0.481 e. The molecule has 1 aliphatic rings. The van der Waals surface area contributed by atoms with Gasteiger partial charge in [-0.05, 0) is 13.3 Å². The SMILES string of the molecule is Cc1ncnc2c1ncn2C1OC(COP(=O)(O)OP(=O)(O)OCC(C)(C)C(O)C(=O)CCCC(=O)C(C)(C)C)C(OP(=O)(O)O)C1O. The van der Waals surface area contributed by atoms with Crippen molar-refractivity contribution >= 4 is 46.2 Å². The highest BCUT2D eigenvalue weighted by molar-refractivity contribution is 7.61. The number of phosphoric ester groups is 3. The summed E-state index contributed by atoms with van der Waals surface area (Å²) in [5.74, 6) is -0.732. The van der Waals surface area contributed by atoms with Crippen LogP contribution in [-0.4, -0.2) is 98.5 Å². The second-order valence-electron chi connectivity index (χ2n) is 12.9. The molecular formula is C25H41N4O16P3. The third-order valence-electron chi connectivity index (χ3n) is 7.30. The summed E-state index contributed by atoms with van der Waals surface area (Å²) in [6.07, 6.45) is -5.97. The summed E-state index contributed by atoms with van der Waals surface area (Å²) in [4.78, 5) is 75.8. The number of ketones is 2. The van der Waals surface area contributed by atoms with Gasteiger partial charge < -0.3 is 34.5 Å². The average molecular weight is 747 g/mol. The summed E-state index contributed by atoms with van der Waals surface area (Å²) >= 11 is 0. The highest BCUT2D eigenvalue weighted by atomic mass is 31.3. The van der Waals surface area contributed by atoms with Gasteiger partial charge in [0.2, 0.25) is 0 Å². The summed E-state index contributed by atoms with van der Waals surface area (Å²) in [5.41, 5.74) is -1.13. The van der Waals surface area contributed by atoms with Gasteiger partial charge in [0.05, 0.1) is 25.2 Å². The van der Waals surface area contributed by atoms with Gasteiger partial charge in [-0.25, -0.2) is 28.6 Å². The van der Waals surface area contributed by atoms with E-state index in [2.05, 4.69) is 23.8 Å². The molecule has 0 bridgehead atoms. The van der Waals surface area contributed by atoms with Gasteiger partial charge >= 0.3 is 23.5 Å². The molecule has 48 heavy (non-hydrogen) atoms. The van der Waals surface area contributed by atoms with Crippen LogP contribution in [0.4, 0.5) is 0 Å². The summed E-state index contributed by atoms with van der Waals surface area (Å²) in [6, 6.07) is 0. The number of aliphatic hydroxyl groups is 2. The minimum absolute atomic E-state index is 0.0707. The lowest BCUT2D eigenvalue weighted by Gasteiger charge is -2.30. The minimum atomic E-state index is -5.50. The number of hydrogen-bond acceptors (Lipinski definition) is 15. The largest absolute Gasteiger partial charge is 0.481 e. The molecule has 1 saturated heterocycles. The zero-order chi connectivity index (χ0) is 36.5. The van der Waals surface area contributed by atoms with E-state index in [-0.39, 0.29) is 30.7 Å². The molecule has 0 aromatic carbocycles. The normalized spacial score (nSPS) is 23.9. The van der Waals surface area contributed by atoms with Crippen LogP contribution in [0.15, 0.2) is 12.7 Å². The van der Waals surface area contributed by atoms with Crippen LogP contribution in [0.1, 0.15) is 65.8 Å². The fourth-order valence-corrected chi connectivity index (χ4v) is 7.40. The molecule has 272 valence electrons. The summed E-state index contributed by atoms with van der Waals surface area (Å²) < 4.78 is 62.1. The van der Waals surface area contributed by atoms with Crippen LogP contribution in [0, 0.1) is 17.8 Å². The lowest BCUT2D eigenvalue weighted by atomic mass is 9.83. The van der Waals surface area contributed by atoms with E-state index in [9.17, 15) is 53.1 Å². The Kier molecular flexibility index (Phi) is 12.8. The molecule has 1 aliphatic heterocycles. The van der Waals surface area contributed by atoms with E-state index >= 15 is 0 Å². The molecule has 6 N–H and O–H groups in total. The lowest BCUT2D eigenvalue weighted by Crippen LogP contribution is -2.39. The zero-order valence-electron chi connectivity index (χ0n) is 27.0. The van der Waals surface area contributed by atoms with Crippen LogP contribution in [0.25, 0.3) is 11.2 Å².